The fraction of sp³-hybridized carbons (Fsp3) is 0.150. The fourth-order valence-electron chi connectivity index (χ4n) is 2.99. The van der Waals surface area contributed by atoms with E-state index in [4.69, 9.17) is 0 Å². The molecule has 0 fully saturated rings. The standard InChI is InChI=1S/C20H19N7O/c1-13-7-8-18(14(2)9-13)27-24-15(3)19(25-27)20(28)23-16-5-4-6-17(10-16)26-11-21-22-12-26/h4-12H,1-3H3,(H,23,28). The van der Waals surface area contributed by atoms with Crippen LogP contribution in [0.25, 0.3) is 11.4 Å². The lowest BCUT2D eigenvalue weighted by Gasteiger charge is -2.07. The first-order chi connectivity index (χ1) is 13.5. The molecule has 4 aromatic rings. The van der Waals surface area contributed by atoms with Gasteiger partial charge in [0.15, 0.2) is 5.69 Å². The number of nitrogens with zero attached hydrogens (tertiary/aromatic N) is 6. The molecule has 0 aliphatic heterocycles. The molecule has 0 aliphatic carbocycles. The normalized spacial score (nSPS) is 10.8. The number of anilines is 1. The van der Waals surface area contributed by atoms with E-state index in [-0.39, 0.29) is 11.6 Å². The lowest BCUT2D eigenvalue weighted by atomic mass is 10.1. The molecule has 0 saturated carbocycles. The second kappa shape index (κ2) is 7.07. The molecule has 2 heterocycles. The van der Waals surface area contributed by atoms with Crippen molar-refractivity contribution >= 4 is 11.6 Å². The summed E-state index contributed by atoms with van der Waals surface area (Å²) in [6.07, 6.45) is 3.20. The lowest BCUT2D eigenvalue weighted by molar-refractivity contribution is 0.102. The van der Waals surface area contributed by atoms with Crippen LogP contribution < -0.4 is 5.32 Å². The molecule has 140 valence electrons. The Bertz CT molecular complexity index is 1150. The molecule has 0 radical (unpaired) electrons. The third-order valence-electron chi connectivity index (χ3n) is 4.39. The van der Waals surface area contributed by atoms with Crippen molar-refractivity contribution in [2.24, 2.45) is 0 Å². The number of nitrogens with one attached hydrogen (secondary N) is 1. The highest BCUT2D eigenvalue weighted by atomic mass is 16.2. The van der Waals surface area contributed by atoms with Gasteiger partial charge < -0.3 is 5.32 Å². The SMILES string of the molecule is Cc1ccc(-n2nc(C)c(C(=O)Nc3cccc(-n4cnnc4)c3)n2)c(C)c1. The Morgan fingerprint density at radius 1 is 0.964 bits per heavy atom. The van der Waals surface area contributed by atoms with E-state index in [1.165, 1.54) is 4.80 Å². The molecule has 0 saturated heterocycles. The minimum atomic E-state index is -0.311. The molecule has 2 aromatic carbocycles. The number of hydrogen-bond donors (Lipinski definition) is 1. The average Bonchev–Trinajstić information content (AvgIpc) is 3.32. The summed E-state index contributed by atoms with van der Waals surface area (Å²) in [5.74, 6) is -0.311. The number of aromatic nitrogens is 6. The monoisotopic (exact) mass is 373 g/mol. The van der Waals surface area contributed by atoms with Gasteiger partial charge in [-0.25, -0.2) is 0 Å². The topological polar surface area (TPSA) is 90.5 Å². The van der Waals surface area contributed by atoms with Crippen LogP contribution in [-0.4, -0.2) is 35.7 Å². The van der Waals surface area contributed by atoms with Crippen molar-refractivity contribution in [3.05, 3.63) is 77.6 Å². The van der Waals surface area contributed by atoms with Crippen LogP contribution >= 0.6 is 0 Å². The molecule has 0 atom stereocenters. The molecule has 0 spiro atoms. The summed E-state index contributed by atoms with van der Waals surface area (Å²) in [5.41, 5.74) is 5.40. The van der Waals surface area contributed by atoms with Gasteiger partial charge in [0.1, 0.15) is 12.7 Å². The molecule has 1 amide bonds. The molecule has 1 N–H and O–H groups in total. The second-order valence-electron chi connectivity index (χ2n) is 6.59. The Labute approximate surface area is 161 Å². The zero-order valence-electron chi connectivity index (χ0n) is 15.8. The quantitative estimate of drug-likeness (QED) is 0.594. The van der Waals surface area contributed by atoms with E-state index in [1.807, 2.05) is 50.2 Å². The van der Waals surface area contributed by atoms with Gasteiger partial charge in [0.05, 0.1) is 17.1 Å². The Morgan fingerprint density at radius 2 is 1.75 bits per heavy atom. The zero-order chi connectivity index (χ0) is 19.7. The van der Waals surface area contributed by atoms with Gasteiger partial charge in [-0.15, -0.1) is 15.3 Å². The number of amides is 1. The maximum absolute atomic E-state index is 12.8. The fourth-order valence-corrected chi connectivity index (χ4v) is 2.99. The van der Waals surface area contributed by atoms with E-state index in [0.717, 1.165) is 22.5 Å². The number of carbonyl (C=O) groups is 1. The van der Waals surface area contributed by atoms with Gasteiger partial charge >= 0.3 is 0 Å². The van der Waals surface area contributed by atoms with Crippen molar-refractivity contribution in [3.8, 4) is 11.4 Å². The molecule has 8 heteroatoms. The number of aryl methyl sites for hydroxylation is 3. The highest BCUT2D eigenvalue weighted by molar-refractivity contribution is 6.03. The van der Waals surface area contributed by atoms with Crippen LogP contribution in [0.1, 0.15) is 27.3 Å². The smallest absolute Gasteiger partial charge is 0.278 e. The minimum Gasteiger partial charge on any atom is -0.320 e. The summed E-state index contributed by atoms with van der Waals surface area (Å²) >= 11 is 0. The summed E-state index contributed by atoms with van der Waals surface area (Å²) < 4.78 is 1.76. The van der Waals surface area contributed by atoms with Crippen LogP contribution in [0.3, 0.4) is 0 Å². The molecule has 8 nitrogen and oxygen atoms in total. The Hall–Kier alpha value is -3.81. The van der Waals surface area contributed by atoms with Crippen molar-refractivity contribution in [2.45, 2.75) is 20.8 Å². The van der Waals surface area contributed by atoms with Crippen molar-refractivity contribution in [1.29, 1.82) is 0 Å². The van der Waals surface area contributed by atoms with Crippen LogP contribution in [0.15, 0.2) is 55.1 Å². The summed E-state index contributed by atoms with van der Waals surface area (Å²) in [6, 6.07) is 13.4. The summed E-state index contributed by atoms with van der Waals surface area (Å²) in [5, 5.41) is 19.3. The predicted molar refractivity (Wildman–Crippen MR) is 105 cm³/mol. The Balaban J connectivity index is 1.59. The first-order valence-corrected chi connectivity index (χ1v) is 8.79. The average molecular weight is 373 g/mol. The Kier molecular flexibility index (Phi) is 4.44. The van der Waals surface area contributed by atoms with Crippen LogP contribution in [0.2, 0.25) is 0 Å². The molecular weight excluding hydrogens is 354 g/mol. The molecule has 0 aliphatic rings. The molecule has 2 aromatic heterocycles. The van der Waals surface area contributed by atoms with Crippen LogP contribution in [0, 0.1) is 20.8 Å². The van der Waals surface area contributed by atoms with Gasteiger partial charge in [0, 0.05) is 5.69 Å². The summed E-state index contributed by atoms with van der Waals surface area (Å²) in [7, 11) is 0. The number of benzene rings is 2. The maximum Gasteiger partial charge on any atom is 0.278 e. The van der Waals surface area contributed by atoms with Gasteiger partial charge in [-0.3, -0.25) is 9.36 Å². The summed E-state index contributed by atoms with van der Waals surface area (Å²) in [6.45, 7) is 5.80. The lowest BCUT2D eigenvalue weighted by Crippen LogP contribution is -2.14. The van der Waals surface area contributed by atoms with Crippen LogP contribution in [-0.2, 0) is 0 Å². The molecule has 28 heavy (non-hydrogen) atoms. The molecule has 4 rings (SSSR count). The van der Waals surface area contributed by atoms with Crippen molar-refractivity contribution < 1.29 is 4.79 Å². The van der Waals surface area contributed by atoms with Crippen molar-refractivity contribution in [3.63, 3.8) is 0 Å². The zero-order valence-corrected chi connectivity index (χ0v) is 15.8. The molecular formula is C20H19N7O. The first-order valence-electron chi connectivity index (χ1n) is 8.79. The highest BCUT2D eigenvalue weighted by Crippen LogP contribution is 2.18. The molecule has 0 bridgehead atoms. The van der Waals surface area contributed by atoms with E-state index in [1.54, 1.807) is 24.1 Å². The largest absolute Gasteiger partial charge is 0.320 e. The van der Waals surface area contributed by atoms with Crippen LogP contribution in [0.4, 0.5) is 5.69 Å². The minimum absolute atomic E-state index is 0.287. The summed E-state index contributed by atoms with van der Waals surface area (Å²) in [4.78, 5) is 14.3. The van der Waals surface area contributed by atoms with Gasteiger partial charge in [-0.2, -0.15) is 9.90 Å². The Morgan fingerprint density at radius 3 is 2.50 bits per heavy atom. The number of hydrogen-bond acceptors (Lipinski definition) is 5. The third kappa shape index (κ3) is 3.39. The van der Waals surface area contributed by atoms with Gasteiger partial charge in [0.25, 0.3) is 5.91 Å². The number of carbonyl (C=O) groups excluding carboxylic acids is 1. The molecule has 0 unspecified atom stereocenters. The predicted octanol–water partition coefficient (Wildman–Crippen LogP) is 3.03. The van der Waals surface area contributed by atoms with E-state index in [9.17, 15) is 4.79 Å². The van der Waals surface area contributed by atoms with E-state index in [2.05, 4.69) is 31.8 Å². The van der Waals surface area contributed by atoms with E-state index in [0.29, 0.717) is 11.4 Å². The van der Waals surface area contributed by atoms with E-state index >= 15 is 0 Å². The van der Waals surface area contributed by atoms with Gasteiger partial charge in [-0.05, 0) is 50.6 Å². The van der Waals surface area contributed by atoms with Crippen LogP contribution in [0.5, 0.6) is 0 Å². The van der Waals surface area contributed by atoms with Gasteiger partial charge in [0.2, 0.25) is 0 Å². The maximum atomic E-state index is 12.8. The second-order valence-corrected chi connectivity index (χ2v) is 6.59. The first kappa shape index (κ1) is 17.6. The van der Waals surface area contributed by atoms with Crippen molar-refractivity contribution in [1.82, 2.24) is 29.8 Å². The highest BCUT2D eigenvalue weighted by Gasteiger charge is 2.17. The van der Waals surface area contributed by atoms with Gasteiger partial charge in [-0.1, -0.05) is 23.8 Å². The van der Waals surface area contributed by atoms with E-state index < -0.39 is 0 Å². The van der Waals surface area contributed by atoms with Crippen molar-refractivity contribution in [2.75, 3.05) is 5.32 Å². The number of rotatable bonds is 4. The third-order valence-corrected chi connectivity index (χ3v) is 4.39.